The maximum Gasteiger partial charge on any atom is 0.336 e. The summed E-state index contributed by atoms with van der Waals surface area (Å²) in [4.78, 5) is 20.6. The highest BCUT2D eigenvalue weighted by molar-refractivity contribution is 5.89. The van der Waals surface area contributed by atoms with Crippen LogP contribution in [0.1, 0.15) is 40.7 Å². The molecule has 0 unspecified atom stereocenters. The Bertz CT molecular complexity index is 868. The van der Waals surface area contributed by atoms with E-state index in [1.54, 1.807) is 12.1 Å². The fraction of sp³-hybridized carbons (Fsp3) is 0.278. The summed E-state index contributed by atoms with van der Waals surface area (Å²) in [6.45, 7) is 4.56. The Morgan fingerprint density at radius 2 is 2.09 bits per heavy atom. The average Bonchev–Trinajstić information content (AvgIpc) is 2.85. The molecule has 118 valence electrons. The Morgan fingerprint density at radius 1 is 1.30 bits per heavy atom. The third-order valence-corrected chi connectivity index (χ3v) is 3.85. The van der Waals surface area contributed by atoms with Crippen LogP contribution in [0.3, 0.4) is 0 Å². The van der Waals surface area contributed by atoms with Crippen LogP contribution in [0.2, 0.25) is 0 Å². The first-order valence-electron chi connectivity index (χ1n) is 7.73. The maximum absolute atomic E-state index is 11.4. The van der Waals surface area contributed by atoms with Gasteiger partial charge in [0, 0.05) is 12.6 Å². The van der Waals surface area contributed by atoms with Crippen LogP contribution in [0.4, 0.5) is 0 Å². The van der Waals surface area contributed by atoms with Crippen LogP contribution < -0.4 is 0 Å². The zero-order valence-electron chi connectivity index (χ0n) is 13.3. The van der Waals surface area contributed by atoms with E-state index in [9.17, 15) is 9.90 Å². The molecule has 3 rings (SSSR count). The molecule has 0 amide bonds. The van der Waals surface area contributed by atoms with Gasteiger partial charge in [-0.15, -0.1) is 0 Å². The molecule has 2 aromatic heterocycles. The van der Waals surface area contributed by atoms with Gasteiger partial charge in [-0.25, -0.2) is 14.8 Å². The van der Waals surface area contributed by atoms with E-state index in [-0.39, 0.29) is 0 Å². The van der Waals surface area contributed by atoms with Crippen molar-refractivity contribution in [2.45, 2.75) is 33.2 Å². The number of fused-ring (bicyclic) bond motifs is 1. The molecule has 0 atom stereocenters. The fourth-order valence-corrected chi connectivity index (χ4v) is 2.78. The molecule has 2 heterocycles. The molecule has 23 heavy (non-hydrogen) atoms. The molecule has 5 heteroatoms. The highest BCUT2D eigenvalue weighted by Crippen LogP contribution is 2.20. The van der Waals surface area contributed by atoms with Gasteiger partial charge in [-0.3, -0.25) is 0 Å². The summed E-state index contributed by atoms with van der Waals surface area (Å²) in [5, 5.41) is 9.38. The molecular formula is C18H19N3O2. The van der Waals surface area contributed by atoms with Crippen molar-refractivity contribution in [2.24, 2.45) is 0 Å². The molecule has 0 fully saturated rings. The second-order valence-corrected chi connectivity index (χ2v) is 5.68. The van der Waals surface area contributed by atoms with E-state index in [0.717, 1.165) is 41.0 Å². The molecule has 1 aromatic carbocycles. The van der Waals surface area contributed by atoms with Crippen LogP contribution in [0.15, 0.2) is 36.5 Å². The largest absolute Gasteiger partial charge is 0.478 e. The van der Waals surface area contributed by atoms with Crippen molar-refractivity contribution in [1.82, 2.24) is 14.5 Å². The Balaban J connectivity index is 2.12. The summed E-state index contributed by atoms with van der Waals surface area (Å²) >= 11 is 0. The Hall–Kier alpha value is -2.69. The van der Waals surface area contributed by atoms with Crippen molar-refractivity contribution in [3.63, 3.8) is 0 Å². The minimum atomic E-state index is -0.911. The minimum absolute atomic E-state index is 0.323. The van der Waals surface area contributed by atoms with E-state index in [1.807, 2.05) is 35.9 Å². The number of hydrogen-bond acceptors (Lipinski definition) is 3. The van der Waals surface area contributed by atoms with Gasteiger partial charge in [0.25, 0.3) is 0 Å². The van der Waals surface area contributed by atoms with Crippen LogP contribution >= 0.6 is 0 Å². The minimum Gasteiger partial charge on any atom is -0.478 e. The van der Waals surface area contributed by atoms with Crippen LogP contribution in [0, 0.1) is 6.92 Å². The van der Waals surface area contributed by atoms with Gasteiger partial charge in [0.05, 0.1) is 12.1 Å². The number of imidazole rings is 1. The van der Waals surface area contributed by atoms with Gasteiger partial charge in [0.1, 0.15) is 11.3 Å². The summed E-state index contributed by atoms with van der Waals surface area (Å²) in [6.07, 6.45) is 3.63. The number of pyridine rings is 1. The van der Waals surface area contributed by atoms with Gasteiger partial charge in [0.2, 0.25) is 0 Å². The van der Waals surface area contributed by atoms with Crippen LogP contribution in [0.5, 0.6) is 0 Å². The van der Waals surface area contributed by atoms with E-state index in [4.69, 9.17) is 0 Å². The highest BCUT2D eigenvalue weighted by atomic mass is 16.4. The normalized spacial score (nSPS) is 11.0. The molecule has 0 saturated heterocycles. The van der Waals surface area contributed by atoms with E-state index in [1.165, 1.54) is 0 Å². The van der Waals surface area contributed by atoms with Gasteiger partial charge in [-0.2, -0.15) is 0 Å². The number of nitrogens with zero attached hydrogens (tertiary/aromatic N) is 3. The van der Waals surface area contributed by atoms with E-state index >= 15 is 0 Å². The molecule has 0 saturated carbocycles. The standard InChI is InChI=1S/C18H19N3O2/c1-3-6-16-20-15-9-12(2)10-19-17(15)21(16)11-13-7-4-5-8-14(13)18(22)23/h4-5,7-10H,3,6,11H2,1-2H3,(H,22,23). The SMILES string of the molecule is CCCc1nc2cc(C)cnc2n1Cc1ccccc1C(=O)O. The Labute approximate surface area is 134 Å². The molecule has 0 spiro atoms. The van der Waals surface area contributed by atoms with Crippen molar-refractivity contribution in [3.05, 3.63) is 59.0 Å². The quantitative estimate of drug-likeness (QED) is 0.784. The number of carboxylic acid groups (broad SMARTS) is 1. The maximum atomic E-state index is 11.4. The predicted octanol–water partition coefficient (Wildman–Crippen LogP) is 3.44. The van der Waals surface area contributed by atoms with Gasteiger partial charge >= 0.3 is 5.97 Å². The summed E-state index contributed by atoms with van der Waals surface area (Å²) in [5.74, 6) is 0.0339. The molecule has 3 aromatic rings. The summed E-state index contributed by atoms with van der Waals surface area (Å²) in [5.41, 5.74) is 3.82. The van der Waals surface area contributed by atoms with Gasteiger partial charge < -0.3 is 9.67 Å². The van der Waals surface area contributed by atoms with Gasteiger partial charge in [-0.05, 0) is 36.6 Å². The van der Waals surface area contributed by atoms with Crippen molar-refractivity contribution >= 4 is 17.1 Å². The molecular weight excluding hydrogens is 290 g/mol. The first-order valence-corrected chi connectivity index (χ1v) is 7.73. The number of aromatic nitrogens is 3. The zero-order valence-corrected chi connectivity index (χ0v) is 13.3. The number of carboxylic acids is 1. The summed E-state index contributed by atoms with van der Waals surface area (Å²) < 4.78 is 2.03. The van der Waals surface area contributed by atoms with Crippen LogP contribution in [-0.4, -0.2) is 25.6 Å². The van der Waals surface area contributed by atoms with E-state index in [0.29, 0.717) is 12.1 Å². The number of benzene rings is 1. The molecule has 0 bridgehead atoms. The number of hydrogen-bond donors (Lipinski definition) is 1. The van der Waals surface area contributed by atoms with Crippen molar-refractivity contribution in [1.29, 1.82) is 0 Å². The van der Waals surface area contributed by atoms with Crippen LogP contribution in [-0.2, 0) is 13.0 Å². The van der Waals surface area contributed by atoms with Crippen LogP contribution in [0.25, 0.3) is 11.2 Å². The fourth-order valence-electron chi connectivity index (χ4n) is 2.78. The second-order valence-electron chi connectivity index (χ2n) is 5.68. The lowest BCUT2D eigenvalue weighted by molar-refractivity contribution is 0.0695. The van der Waals surface area contributed by atoms with E-state index < -0.39 is 5.97 Å². The van der Waals surface area contributed by atoms with Gasteiger partial charge in [-0.1, -0.05) is 25.1 Å². The third-order valence-electron chi connectivity index (χ3n) is 3.85. The summed E-state index contributed by atoms with van der Waals surface area (Å²) in [6, 6.07) is 9.10. The third kappa shape index (κ3) is 2.95. The van der Waals surface area contributed by atoms with Crippen molar-refractivity contribution in [3.8, 4) is 0 Å². The topological polar surface area (TPSA) is 68.0 Å². The summed E-state index contributed by atoms with van der Waals surface area (Å²) in [7, 11) is 0. The number of aryl methyl sites for hydroxylation is 2. The molecule has 5 nitrogen and oxygen atoms in total. The van der Waals surface area contributed by atoms with Gasteiger partial charge in [0.15, 0.2) is 5.65 Å². The van der Waals surface area contributed by atoms with E-state index in [2.05, 4.69) is 16.9 Å². The smallest absolute Gasteiger partial charge is 0.336 e. The molecule has 1 N–H and O–H groups in total. The van der Waals surface area contributed by atoms with Crippen molar-refractivity contribution < 1.29 is 9.90 Å². The molecule has 0 radical (unpaired) electrons. The van der Waals surface area contributed by atoms with Crippen molar-refractivity contribution in [2.75, 3.05) is 0 Å². The molecule has 0 aliphatic carbocycles. The monoisotopic (exact) mass is 309 g/mol. The first-order chi connectivity index (χ1) is 11.1. The first kappa shape index (κ1) is 15.2. The number of carbonyl (C=O) groups is 1. The zero-order chi connectivity index (χ0) is 16.4. The lowest BCUT2D eigenvalue weighted by atomic mass is 10.1. The Kier molecular flexibility index (Phi) is 4.10. The number of rotatable bonds is 5. The Morgan fingerprint density at radius 3 is 2.83 bits per heavy atom. The highest BCUT2D eigenvalue weighted by Gasteiger charge is 2.15. The molecule has 0 aliphatic rings. The predicted molar refractivity (Wildman–Crippen MR) is 88.8 cm³/mol. The lowest BCUT2D eigenvalue weighted by Crippen LogP contribution is -2.10. The molecule has 0 aliphatic heterocycles. The average molecular weight is 309 g/mol. The second kappa shape index (κ2) is 6.20. The number of aromatic carboxylic acids is 1. The lowest BCUT2D eigenvalue weighted by Gasteiger charge is -2.10.